The molecule has 2 aromatic rings. The minimum atomic E-state index is -0.536. The Bertz CT molecular complexity index is 908. The van der Waals surface area contributed by atoms with Crippen LogP contribution < -0.4 is 9.47 Å². The van der Waals surface area contributed by atoms with Crippen molar-refractivity contribution >= 4 is 27.5 Å². The summed E-state index contributed by atoms with van der Waals surface area (Å²) in [6.45, 7) is 0. The molecule has 1 N–H and O–H groups in total. The molecule has 0 amide bonds. The molecule has 0 unspecified atom stereocenters. The Labute approximate surface area is 179 Å². The fourth-order valence-electron chi connectivity index (χ4n) is 3.89. The van der Waals surface area contributed by atoms with E-state index in [1.807, 2.05) is 6.07 Å². The third kappa shape index (κ3) is 4.87. The number of methoxy groups -OCH3 is 2. The topological polar surface area (TPSA) is 72.8 Å². The molecule has 0 heterocycles. The van der Waals surface area contributed by atoms with E-state index in [1.54, 1.807) is 37.4 Å². The summed E-state index contributed by atoms with van der Waals surface area (Å²) >= 11 is 3.40. The number of hydrogen-bond donors (Lipinski definition) is 1. The first-order chi connectivity index (χ1) is 13.9. The molecule has 29 heavy (non-hydrogen) atoms. The Morgan fingerprint density at radius 1 is 1.07 bits per heavy atom. The van der Waals surface area contributed by atoms with Crippen molar-refractivity contribution in [2.24, 2.45) is 0 Å². The van der Waals surface area contributed by atoms with Gasteiger partial charge in [0.25, 0.3) is 0 Å². The van der Waals surface area contributed by atoms with Crippen molar-refractivity contribution in [1.29, 1.82) is 0 Å². The van der Waals surface area contributed by atoms with Crippen molar-refractivity contribution < 1.29 is 24.2 Å². The van der Waals surface area contributed by atoms with Gasteiger partial charge in [-0.25, -0.2) is 0 Å². The predicted octanol–water partition coefficient (Wildman–Crippen LogP) is 4.48. The summed E-state index contributed by atoms with van der Waals surface area (Å²) in [5.74, 6) is 0.0467. The lowest BCUT2D eigenvalue weighted by Gasteiger charge is -2.28. The van der Waals surface area contributed by atoms with Crippen molar-refractivity contribution in [3.05, 3.63) is 57.6 Å². The van der Waals surface area contributed by atoms with E-state index >= 15 is 0 Å². The van der Waals surface area contributed by atoms with Crippen molar-refractivity contribution in [3.63, 3.8) is 0 Å². The van der Waals surface area contributed by atoms with E-state index in [1.165, 1.54) is 7.11 Å². The molecule has 6 heteroatoms. The SMILES string of the molecule is COc1cc(OC)c(CC(=O)C(=O)c2cccc([C@@H]3CCCC[C@H]3O)c2)cc1Br. The van der Waals surface area contributed by atoms with Crippen LogP contribution in [0.2, 0.25) is 0 Å². The number of carbonyl (C=O) groups is 2. The smallest absolute Gasteiger partial charge is 0.228 e. The lowest BCUT2D eigenvalue weighted by Crippen LogP contribution is -2.23. The van der Waals surface area contributed by atoms with Gasteiger partial charge in [0.1, 0.15) is 11.5 Å². The Hall–Kier alpha value is -2.18. The number of benzene rings is 2. The molecule has 0 aliphatic heterocycles. The van der Waals surface area contributed by atoms with Crippen molar-refractivity contribution in [2.45, 2.75) is 44.1 Å². The molecule has 0 spiro atoms. The van der Waals surface area contributed by atoms with Gasteiger partial charge in [0, 0.05) is 29.5 Å². The number of ketones is 2. The van der Waals surface area contributed by atoms with Crippen molar-refractivity contribution in [2.75, 3.05) is 14.2 Å². The fraction of sp³-hybridized carbons (Fsp3) is 0.391. The molecule has 154 valence electrons. The highest BCUT2D eigenvalue weighted by molar-refractivity contribution is 9.10. The monoisotopic (exact) mass is 460 g/mol. The second-order valence-electron chi connectivity index (χ2n) is 7.31. The molecule has 1 aliphatic rings. The van der Waals surface area contributed by atoms with Crippen LogP contribution in [-0.4, -0.2) is 37.0 Å². The Kier molecular flexibility index (Phi) is 7.09. The third-order valence-electron chi connectivity index (χ3n) is 5.47. The number of rotatable bonds is 7. The second kappa shape index (κ2) is 9.55. The van der Waals surface area contributed by atoms with Crippen LogP contribution >= 0.6 is 15.9 Å². The maximum absolute atomic E-state index is 12.8. The number of hydrogen-bond acceptors (Lipinski definition) is 5. The molecule has 0 saturated heterocycles. The molecule has 1 saturated carbocycles. The average molecular weight is 461 g/mol. The highest BCUT2D eigenvalue weighted by atomic mass is 79.9. The largest absolute Gasteiger partial charge is 0.496 e. The standard InChI is InChI=1S/C23H25BrO5/c1-28-21-13-22(29-2)18(24)11-16(21)12-20(26)23(27)15-7-5-6-14(10-15)17-8-3-4-9-19(17)25/h5-7,10-11,13,17,19,25H,3-4,8-9,12H2,1-2H3/t17-,19+/m0/s1. The molecule has 3 rings (SSSR count). The van der Waals surface area contributed by atoms with E-state index in [4.69, 9.17) is 9.47 Å². The average Bonchev–Trinajstić information content (AvgIpc) is 2.73. The van der Waals surface area contributed by atoms with Crippen LogP contribution in [0.4, 0.5) is 0 Å². The van der Waals surface area contributed by atoms with Gasteiger partial charge in [0.15, 0.2) is 0 Å². The van der Waals surface area contributed by atoms with E-state index in [9.17, 15) is 14.7 Å². The van der Waals surface area contributed by atoms with Gasteiger partial charge in [0.2, 0.25) is 11.6 Å². The van der Waals surface area contributed by atoms with Crippen molar-refractivity contribution in [3.8, 4) is 11.5 Å². The number of halogens is 1. The van der Waals surface area contributed by atoms with Gasteiger partial charge >= 0.3 is 0 Å². The maximum Gasteiger partial charge on any atom is 0.228 e. The zero-order valence-electron chi connectivity index (χ0n) is 16.6. The lowest BCUT2D eigenvalue weighted by atomic mass is 9.81. The molecule has 2 aromatic carbocycles. The van der Waals surface area contributed by atoms with E-state index in [0.717, 1.165) is 31.2 Å². The highest BCUT2D eigenvalue weighted by Gasteiger charge is 2.26. The van der Waals surface area contributed by atoms with E-state index in [2.05, 4.69) is 15.9 Å². The number of Topliss-reactive ketones (excluding diaryl/α,β-unsaturated/α-hetero) is 2. The van der Waals surface area contributed by atoms with Crippen LogP contribution in [0, 0.1) is 0 Å². The summed E-state index contributed by atoms with van der Waals surface area (Å²) in [6.07, 6.45) is 3.28. The van der Waals surface area contributed by atoms with E-state index in [0.29, 0.717) is 27.1 Å². The number of aliphatic hydroxyl groups excluding tert-OH is 1. The first-order valence-electron chi connectivity index (χ1n) is 9.70. The van der Waals surface area contributed by atoms with Crippen LogP contribution in [-0.2, 0) is 11.2 Å². The zero-order valence-corrected chi connectivity index (χ0v) is 18.2. The number of ether oxygens (including phenoxy) is 2. The fourth-order valence-corrected chi connectivity index (χ4v) is 4.44. The molecule has 2 atom stereocenters. The van der Waals surface area contributed by atoms with Gasteiger partial charge in [-0.05, 0) is 46.5 Å². The molecule has 0 radical (unpaired) electrons. The van der Waals surface area contributed by atoms with Gasteiger partial charge in [-0.15, -0.1) is 0 Å². The van der Waals surface area contributed by atoms with Crippen LogP contribution in [0.3, 0.4) is 0 Å². The van der Waals surface area contributed by atoms with E-state index < -0.39 is 17.7 Å². The molecule has 1 fully saturated rings. The second-order valence-corrected chi connectivity index (χ2v) is 8.17. The van der Waals surface area contributed by atoms with Crippen LogP contribution in [0.25, 0.3) is 0 Å². The van der Waals surface area contributed by atoms with Crippen LogP contribution in [0.5, 0.6) is 11.5 Å². The summed E-state index contributed by atoms with van der Waals surface area (Å²) < 4.78 is 11.3. The van der Waals surface area contributed by atoms with Gasteiger partial charge < -0.3 is 14.6 Å². The van der Waals surface area contributed by atoms with Gasteiger partial charge in [-0.3, -0.25) is 9.59 Å². The molecule has 0 bridgehead atoms. The molecule has 5 nitrogen and oxygen atoms in total. The molecule has 1 aliphatic carbocycles. The third-order valence-corrected chi connectivity index (χ3v) is 6.09. The Morgan fingerprint density at radius 3 is 2.48 bits per heavy atom. The molecule has 0 aromatic heterocycles. The summed E-state index contributed by atoms with van der Waals surface area (Å²) in [4.78, 5) is 25.5. The molecular formula is C23H25BrO5. The van der Waals surface area contributed by atoms with Crippen molar-refractivity contribution in [1.82, 2.24) is 0 Å². The number of carbonyl (C=O) groups excluding carboxylic acids is 2. The van der Waals surface area contributed by atoms with Crippen LogP contribution in [0.1, 0.15) is 53.1 Å². The quantitative estimate of drug-likeness (QED) is 0.486. The first kappa shape index (κ1) is 21.5. The summed E-state index contributed by atoms with van der Waals surface area (Å²) in [6, 6.07) is 10.5. The first-order valence-corrected chi connectivity index (χ1v) is 10.5. The van der Waals surface area contributed by atoms with Gasteiger partial charge in [0.05, 0.1) is 24.8 Å². The van der Waals surface area contributed by atoms with Gasteiger partial charge in [-0.1, -0.05) is 31.0 Å². The predicted molar refractivity (Wildman–Crippen MR) is 114 cm³/mol. The highest BCUT2D eigenvalue weighted by Crippen LogP contribution is 2.34. The minimum Gasteiger partial charge on any atom is -0.496 e. The van der Waals surface area contributed by atoms with E-state index in [-0.39, 0.29) is 12.3 Å². The Balaban J connectivity index is 1.80. The number of aliphatic hydroxyl groups is 1. The Morgan fingerprint density at radius 2 is 1.79 bits per heavy atom. The minimum absolute atomic E-state index is 0.0178. The maximum atomic E-state index is 12.8. The van der Waals surface area contributed by atoms with Crippen LogP contribution in [0.15, 0.2) is 40.9 Å². The lowest BCUT2D eigenvalue weighted by molar-refractivity contribution is -0.114. The normalized spacial score (nSPS) is 18.9. The summed E-state index contributed by atoms with van der Waals surface area (Å²) in [5, 5.41) is 10.3. The zero-order chi connectivity index (χ0) is 21.0. The molecular weight excluding hydrogens is 436 g/mol. The summed E-state index contributed by atoms with van der Waals surface area (Å²) in [5.41, 5.74) is 1.88. The van der Waals surface area contributed by atoms with Gasteiger partial charge in [-0.2, -0.15) is 0 Å². The summed E-state index contributed by atoms with van der Waals surface area (Å²) in [7, 11) is 3.06.